The Morgan fingerprint density at radius 3 is 2.45 bits per heavy atom. The van der Waals surface area contributed by atoms with Crippen LogP contribution in [0.4, 0.5) is 0 Å². The quantitative estimate of drug-likeness (QED) is 0.407. The normalized spacial score (nSPS) is 11.9. The Hall–Kier alpha value is -3.52. The van der Waals surface area contributed by atoms with Gasteiger partial charge in [-0.1, -0.05) is 18.2 Å². The van der Waals surface area contributed by atoms with Crippen LogP contribution < -0.4 is 4.83 Å². The fraction of sp³-hybridized carbons (Fsp3) is 0.0952. The molecule has 0 aliphatic heterocycles. The van der Waals surface area contributed by atoms with E-state index < -0.39 is 10.0 Å². The van der Waals surface area contributed by atoms with Crippen molar-refractivity contribution in [1.29, 1.82) is 0 Å². The molecule has 0 atom stereocenters. The Bertz CT molecular complexity index is 1290. The number of hydrogen-bond donors (Lipinski definition) is 1. The molecule has 0 saturated heterocycles. The molecule has 0 aliphatic carbocycles. The van der Waals surface area contributed by atoms with Crippen molar-refractivity contribution in [3.8, 4) is 11.1 Å². The van der Waals surface area contributed by atoms with Crippen LogP contribution in [0, 0.1) is 13.8 Å². The summed E-state index contributed by atoms with van der Waals surface area (Å²) in [6.07, 6.45) is 8.49. The van der Waals surface area contributed by atoms with Gasteiger partial charge in [0.1, 0.15) is 5.65 Å². The number of imidazole rings is 1. The number of aryl methyl sites for hydroxylation is 2. The Morgan fingerprint density at radius 2 is 1.72 bits per heavy atom. The van der Waals surface area contributed by atoms with Crippen molar-refractivity contribution < 1.29 is 8.42 Å². The summed E-state index contributed by atoms with van der Waals surface area (Å²) >= 11 is 0. The van der Waals surface area contributed by atoms with E-state index in [1.54, 1.807) is 44.6 Å². The van der Waals surface area contributed by atoms with Crippen molar-refractivity contribution in [3.63, 3.8) is 0 Å². The molecule has 0 radical (unpaired) electrons. The Labute approximate surface area is 168 Å². The molecule has 29 heavy (non-hydrogen) atoms. The first-order chi connectivity index (χ1) is 14.0. The van der Waals surface area contributed by atoms with Crippen molar-refractivity contribution in [2.75, 3.05) is 0 Å². The average Bonchev–Trinajstić information content (AvgIpc) is 3.10. The summed E-state index contributed by atoms with van der Waals surface area (Å²) in [7, 11) is -3.76. The number of hydrogen-bond acceptors (Lipinski definition) is 5. The molecule has 0 fully saturated rings. The third kappa shape index (κ3) is 3.74. The number of hydrazone groups is 1. The lowest BCUT2D eigenvalue weighted by Gasteiger charge is -2.09. The average molecular weight is 405 g/mol. The Morgan fingerprint density at radius 1 is 1.00 bits per heavy atom. The summed E-state index contributed by atoms with van der Waals surface area (Å²) in [6, 6.07) is 13.1. The zero-order valence-electron chi connectivity index (χ0n) is 15.9. The molecule has 8 heteroatoms. The number of sulfonamides is 1. The lowest BCUT2D eigenvalue weighted by molar-refractivity contribution is 0.583. The molecule has 0 unspecified atom stereocenters. The van der Waals surface area contributed by atoms with Gasteiger partial charge in [0.05, 0.1) is 23.0 Å². The Kier molecular flexibility index (Phi) is 4.85. The van der Waals surface area contributed by atoms with E-state index in [-0.39, 0.29) is 4.90 Å². The number of fused-ring (bicyclic) bond motifs is 1. The lowest BCUT2D eigenvalue weighted by atomic mass is 10.1. The van der Waals surface area contributed by atoms with Crippen molar-refractivity contribution in [2.45, 2.75) is 18.7 Å². The second-order valence-corrected chi connectivity index (χ2v) is 8.24. The van der Waals surface area contributed by atoms with E-state index in [0.717, 1.165) is 16.8 Å². The predicted octanol–water partition coefficient (Wildman–Crippen LogP) is 3.33. The van der Waals surface area contributed by atoms with Crippen LogP contribution in [0.15, 0.2) is 77.2 Å². The third-order valence-corrected chi connectivity index (χ3v) is 6.12. The SMILES string of the molecule is Cc1cccc(C)c1S(=O)(=O)NN=Cc1cnc2ccc(-c3ccncc3)cn12. The molecule has 1 aromatic carbocycles. The van der Waals surface area contributed by atoms with Crippen LogP contribution in [0.25, 0.3) is 16.8 Å². The lowest BCUT2D eigenvalue weighted by Crippen LogP contribution is -2.20. The summed E-state index contributed by atoms with van der Waals surface area (Å²) in [4.78, 5) is 10.9. The minimum absolute atomic E-state index is 0.246. The molecule has 0 amide bonds. The maximum Gasteiger partial charge on any atom is 0.277 e. The van der Waals surface area contributed by atoms with Gasteiger partial charge in [0.2, 0.25) is 0 Å². The minimum atomic E-state index is -3.76. The summed E-state index contributed by atoms with van der Waals surface area (Å²) in [6.45, 7) is 3.52. The molecule has 3 heterocycles. The first kappa shape index (κ1) is 18.8. The fourth-order valence-corrected chi connectivity index (χ4v) is 4.51. The van der Waals surface area contributed by atoms with Gasteiger partial charge >= 0.3 is 0 Å². The first-order valence-electron chi connectivity index (χ1n) is 8.94. The van der Waals surface area contributed by atoms with Crippen LogP contribution >= 0.6 is 0 Å². The van der Waals surface area contributed by atoms with Gasteiger partial charge < -0.3 is 0 Å². The first-order valence-corrected chi connectivity index (χ1v) is 10.4. The maximum absolute atomic E-state index is 12.7. The molecule has 7 nitrogen and oxygen atoms in total. The molecule has 0 bridgehead atoms. The Balaban J connectivity index is 1.63. The number of nitrogens with one attached hydrogen (secondary N) is 1. The highest BCUT2D eigenvalue weighted by molar-refractivity contribution is 7.89. The monoisotopic (exact) mass is 405 g/mol. The minimum Gasteiger partial charge on any atom is -0.298 e. The van der Waals surface area contributed by atoms with E-state index >= 15 is 0 Å². The van der Waals surface area contributed by atoms with E-state index in [2.05, 4.69) is 19.9 Å². The van der Waals surface area contributed by atoms with Gasteiger partial charge in [-0.05, 0) is 60.4 Å². The third-order valence-electron chi connectivity index (χ3n) is 4.60. The van der Waals surface area contributed by atoms with Crippen LogP contribution in [-0.4, -0.2) is 29.0 Å². The van der Waals surface area contributed by atoms with E-state index in [9.17, 15) is 8.42 Å². The fourth-order valence-electron chi connectivity index (χ4n) is 3.24. The summed E-state index contributed by atoms with van der Waals surface area (Å²) in [5.74, 6) is 0. The molecule has 3 aromatic heterocycles. The number of nitrogens with zero attached hydrogens (tertiary/aromatic N) is 4. The summed E-state index contributed by atoms with van der Waals surface area (Å²) < 4.78 is 27.2. The topological polar surface area (TPSA) is 88.7 Å². The van der Waals surface area contributed by atoms with Gasteiger partial charge in [0, 0.05) is 18.6 Å². The summed E-state index contributed by atoms with van der Waals surface area (Å²) in [5.41, 5.74) is 4.74. The number of benzene rings is 1. The highest BCUT2D eigenvalue weighted by Gasteiger charge is 2.18. The standard InChI is InChI=1S/C21H19N5O2S/c1-15-4-3-5-16(2)21(15)29(27,28)25-24-13-19-12-23-20-7-6-18(14-26(19)20)17-8-10-22-11-9-17/h3-14,25H,1-2H3. The number of aromatic nitrogens is 3. The molecule has 4 rings (SSSR count). The largest absolute Gasteiger partial charge is 0.298 e. The number of pyridine rings is 2. The number of rotatable bonds is 5. The van der Waals surface area contributed by atoms with E-state index in [1.165, 1.54) is 6.21 Å². The summed E-state index contributed by atoms with van der Waals surface area (Å²) in [5, 5.41) is 3.96. The van der Waals surface area contributed by atoms with E-state index in [0.29, 0.717) is 16.8 Å². The van der Waals surface area contributed by atoms with Gasteiger partial charge in [0.25, 0.3) is 10.0 Å². The molecular formula is C21H19N5O2S. The second kappa shape index (κ2) is 7.48. The molecular weight excluding hydrogens is 386 g/mol. The van der Waals surface area contributed by atoms with Gasteiger partial charge in [-0.3, -0.25) is 9.38 Å². The van der Waals surface area contributed by atoms with Crippen molar-refractivity contribution in [3.05, 3.63) is 84.1 Å². The highest BCUT2D eigenvalue weighted by atomic mass is 32.2. The molecule has 1 N–H and O–H groups in total. The van der Waals surface area contributed by atoms with Gasteiger partial charge in [0.15, 0.2) is 0 Å². The van der Waals surface area contributed by atoms with Gasteiger partial charge in [-0.25, -0.2) is 4.98 Å². The van der Waals surface area contributed by atoms with Crippen molar-refractivity contribution in [2.24, 2.45) is 5.10 Å². The van der Waals surface area contributed by atoms with Crippen LogP contribution in [0.1, 0.15) is 16.8 Å². The zero-order valence-corrected chi connectivity index (χ0v) is 16.8. The zero-order chi connectivity index (χ0) is 20.4. The second-order valence-electron chi connectivity index (χ2n) is 6.64. The molecule has 146 valence electrons. The molecule has 0 spiro atoms. The molecule has 4 aromatic rings. The molecule has 0 saturated carbocycles. The smallest absolute Gasteiger partial charge is 0.277 e. The van der Waals surface area contributed by atoms with Gasteiger partial charge in [-0.15, -0.1) is 0 Å². The van der Waals surface area contributed by atoms with E-state index in [4.69, 9.17) is 0 Å². The molecule has 0 aliphatic rings. The van der Waals surface area contributed by atoms with Crippen molar-refractivity contribution >= 4 is 21.9 Å². The van der Waals surface area contributed by atoms with Crippen LogP contribution in [-0.2, 0) is 10.0 Å². The van der Waals surface area contributed by atoms with Crippen LogP contribution in [0.3, 0.4) is 0 Å². The maximum atomic E-state index is 12.7. The van der Waals surface area contributed by atoms with E-state index in [1.807, 2.05) is 40.9 Å². The van der Waals surface area contributed by atoms with Gasteiger partial charge in [-0.2, -0.15) is 18.4 Å². The van der Waals surface area contributed by atoms with Crippen LogP contribution in [0.5, 0.6) is 0 Å². The predicted molar refractivity (Wildman–Crippen MR) is 112 cm³/mol. The highest BCUT2D eigenvalue weighted by Crippen LogP contribution is 2.20. The van der Waals surface area contributed by atoms with Crippen molar-refractivity contribution in [1.82, 2.24) is 19.2 Å². The van der Waals surface area contributed by atoms with Crippen LogP contribution in [0.2, 0.25) is 0 Å².